The average Bonchev–Trinajstić information content (AvgIpc) is 3.19. The molecule has 3 aromatic rings. The van der Waals surface area contributed by atoms with Gasteiger partial charge >= 0.3 is 0 Å². The second-order valence-electron chi connectivity index (χ2n) is 6.67. The van der Waals surface area contributed by atoms with Crippen molar-refractivity contribution in [2.45, 2.75) is 22.0 Å². The lowest BCUT2D eigenvalue weighted by molar-refractivity contribution is 0.494. The lowest BCUT2D eigenvalue weighted by Gasteiger charge is -2.28. The Labute approximate surface area is 174 Å². The molecule has 1 unspecified atom stereocenters. The number of sulfone groups is 1. The maximum atomic E-state index is 13.1. The second-order valence-corrected chi connectivity index (χ2v) is 9.87. The molecule has 1 atom stereocenters. The summed E-state index contributed by atoms with van der Waals surface area (Å²) < 4.78 is 38.8. The molecule has 0 spiro atoms. The van der Waals surface area contributed by atoms with E-state index in [4.69, 9.17) is 10.4 Å². The van der Waals surface area contributed by atoms with Crippen molar-refractivity contribution in [3.8, 4) is 28.6 Å². The van der Waals surface area contributed by atoms with E-state index in [9.17, 15) is 12.6 Å². The van der Waals surface area contributed by atoms with Gasteiger partial charge in [-0.15, -0.1) is 10.2 Å². The predicted octanol–water partition coefficient (Wildman–Crippen LogP) is -0.164. The lowest BCUT2D eigenvalue weighted by Crippen LogP contribution is -2.51. The van der Waals surface area contributed by atoms with Gasteiger partial charge in [-0.05, 0) is 35.4 Å². The predicted molar refractivity (Wildman–Crippen MR) is 107 cm³/mol. The maximum absolute atomic E-state index is 13.1. The molecular formula is C17H16N8O3S2. The molecule has 0 bridgehead atoms. The molecule has 0 radical (unpaired) electrons. The number of H-pyrrole nitrogens is 1. The molecule has 2 aromatic heterocycles. The van der Waals surface area contributed by atoms with Crippen LogP contribution in [0.1, 0.15) is 11.3 Å². The third-order valence-electron chi connectivity index (χ3n) is 4.88. The van der Waals surface area contributed by atoms with E-state index in [1.54, 1.807) is 19.1 Å². The van der Waals surface area contributed by atoms with Gasteiger partial charge in [-0.3, -0.25) is 0 Å². The Morgan fingerprint density at radius 2 is 2.10 bits per heavy atom. The number of benzene rings is 1. The van der Waals surface area contributed by atoms with E-state index in [-0.39, 0.29) is 26.9 Å². The van der Waals surface area contributed by atoms with Crippen molar-refractivity contribution in [3.05, 3.63) is 35.7 Å². The largest absolute Gasteiger partial charge is 0.314 e. The highest BCUT2D eigenvalue weighted by atomic mass is 32.2. The minimum absolute atomic E-state index is 0.0459. The van der Waals surface area contributed by atoms with Gasteiger partial charge < -0.3 is 5.32 Å². The summed E-state index contributed by atoms with van der Waals surface area (Å²) in [6.45, 7) is 2.33. The van der Waals surface area contributed by atoms with E-state index in [1.807, 2.05) is 6.07 Å². The van der Waals surface area contributed by atoms with Gasteiger partial charge in [0, 0.05) is 30.4 Å². The SMILES string of the molecule is Cc1cc(-c2ccc(S(=O)(=O)C3CNC3)c(S(N)=O)c2-c2nn[nH]n2)cnc1C#N. The molecule has 0 amide bonds. The smallest absolute Gasteiger partial charge is 0.206 e. The summed E-state index contributed by atoms with van der Waals surface area (Å²) in [5.41, 5.74) is 2.10. The molecule has 1 aromatic carbocycles. The number of nitrogens with zero attached hydrogens (tertiary/aromatic N) is 5. The van der Waals surface area contributed by atoms with E-state index in [2.05, 4.69) is 30.9 Å². The van der Waals surface area contributed by atoms with Gasteiger partial charge in [0.2, 0.25) is 5.82 Å². The first-order chi connectivity index (χ1) is 14.3. The summed E-state index contributed by atoms with van der Waals surface area (Å²) in [7, 11) is -5.96. The number of hydrogen-bond donors (Lipinski definition) is 3. The molecule has 3 heterocycles. The second kappa shape index (κ2) is 7.65. The van der Waals surface area contributed by atoms with E-state index < -0.39 is 26.1 Å². The van der Waals surface area contributed by atoms with E-state index in [0.717, 1.165) is 0 Å². The summed E-state index contributed by atoms with van der Waals surface area (Å²) in [4.78, 5) is 3.91. The van der Waals surface area contributed by atoms with Crippen LogP contribution >= 0.6 is 0 Å². The van der Waals surface area contributed by atoms with Gasteiger partial charge in [-0.2, -0.15) is 10.5 Å². The van der Waals surface area contributed by atoms with Crippen molar-refractivity contribution in [1.29, 1.82) is 5.26 Å². The van der Waals surface area contributed by atoms with E-state index in [0.29, 0.717) is 29.8 Å². The highest BCUT2D eigenvalue weighted by Crippen LogP contribution is 2.39. The van der Waals surface area contributed by atoms with Crippen LogP contribution in [-0.4, -0.2) is 56.6 Å². The van der Waals surface area contributed by atoms with Gasteiger partial charge in [0.1, 0.15) is 22.7 Å². The molecule has 4 N–H and O–H groups in total. The molecule has 0 aliphatic carbocycles. The number of aromatic amines is 1. The number of rotatable bonds is 5. The Morgan fingerprint density at radius 3 is 2.63 bits per heavy atom. The maximum Gasteiger partial charge on any atom is 0.206 e. The van der Waals surface area contributed by atoms with Crippen LogP contribution in [0.2, 0.25) is 0 Å². The monoisotopic (exact) mass is 444 g/mol. The average molecular weight is 445 g/mol. The van der Waals surface area contributed by atoms with Gasteiger partial charge in [-0.1, -0.05) is 6.07 Å². The van der Waals surface area contributed by atoms with Crippen molar-refractivity contribution in [3.63, 3.8) is 0 Å². The molecule has 1 fully saturated rings. The minimum Gasteiger partial charge on any atom is -0.314 e. The fraction of sp³-hybridized carbons (Fsp3) is 0.235. The first kappa shape index (κ1) is 20.2. The topological polar surface area (TPSA) is 180 Å². The van der Waals surface area contributed by atoms with Crippen LogP contribution in [0.4, 0.5) is 0 Å². The number of nitriles is 1. The molecule has 11 nitrogen and oxygen atoms in total. The number of pyridine rings is 1. The van der Waals surface area contributed by atoms with Crippen molar-refractivity contribution >= 4 is 20.8 Å². The number of aryl methyl sites for hydroxylation is 1. The zero-order valence-corrected chi connectivity index (χ0v) is 17.3. The van der Waals surface area contributed by atoms with Crippen LogP contribution in [0, 0.1) is 18.3 Å². The van der Waals surface area contributed by atoms with Crippen molar-refractivity contribution < 1.29 is 12.6 Å². The van der Waals surface area contributed by atoms with Crippen LogP contribution in [0.5, 0.6) is 0 Å². The summed E-state index contributed by atoms with van der Waals surface area (Å²) in [5.74, 6) is 0.0459. The van der Waals surface area contributed by atoms with Gasteiger partial charge in [-0.25, -0.2) is 22.7 Å². The summed E-state index contributed by atoms with van der Waals surface area (Å²) >= 11 is 0. The Kier molecular flexibility index (Phi) is 5.16. The summed E-state index contributed by atoms with van der Waals surface area (Å²) in [6, 6.07) is 6.68. The first-order valence-corrected chi connectivity index (χ1v) is 11.5. The van der Waals surface area contributed by atoms with Crippen LogP contribution in [0.3, 0.4) is 0 Å². The van der Waals surface area contributed by atoms with Crippen molar-refractivity contribution in [2.24, 2.45) is 5.14 Å². The van der Waals surface area contributed by atoms with Gasteiger partial charge in [0.25, 0.3) is 0 Å². The Hall–Kier alpha value is -3.05. The third-order valence-corrected chi connectivity index (χ3v) is 8.00. The molecule has 4 rings (SSSR count). The Balaban J connectivity index is 2.03. The number of nitrogens with one attached hydrogen (secondary N) is 2. The molecule has 154 valence electrons. The van der Waals surface area contributed by atoms with E-state index in [1.165, 1.54) is 12.3 Å². The number of nitrogens with two attached hydrogens (primary N) is 1. The van der Waals surface area contributed by atoms with Gasteiger partial charge in [0.15, 0.2) is 9.84 Å². The zero-order chi connectivity index (χ0) is 21.5. The molecular weight excluding hydrogens is 428 g/mol. The molecule has 13 heteroatoms. The van der Waals surface area contributed by atoms with E-state index >= 15 is 0 Å². The van der Waals surface area contributed by atoms with Crippen molar-refractivity contribution in [1.82, 2.24) is 30.9 Å². The quantitative estimate of drug-likeness (QED) is 0.481. The third kappa shape index (κ3) is 3.29. The Bertz CT molecular complexity index is 1300. The number of hydrogen-bond acceptors (Lipinski definition) is 9. The van der Waals surface area contributed by atoms with Crippen LogP contribution < -0.4 is 10.5 Å². The highest BCUT2D eigenvalue weighted by molar-refractivity contribution is 7.93. The fourth-order valence-electron chi connectivity index (χ4n) is 3.22. The molecule has 1 saturated heterocycles. The zero-order valence-electron chi connectivity index (χ0n) is 15.7. The number of tetrazole rings is 1. The summed E-state index contributed by atoms with van der Waals surface area (Å²) in [6.07, 6.45) is 1.47. The fourth-order valence-corrected chi connectivity index (χ4v) is 6.13. The van der Waals surface area contributed by atoms with Crippen LogP contribution in [0.25, 0.3) is 22.5 Å². The highest BCUT2D eigenvalue weighted by Gasteiger charge is 2.37. The lowest BCUT2D eigenvalue weighted by atomic mass is 9.99. The Morgan fingerprint density at radius 1 is 1.33 bits per heavy atom. The first-order valence-electron chi connectivity index (χ1n) is 8.73. The number of aromatic nitrogens is 5. The van der Waals surface area contributed by atoms with Crippen LogP contribution in [-0.2, 0) is 20.8 Å². The standard InChI is InChI=1S/C17H16N8O3S2/c1-9-4-10(6-21-13(9)5-18)12-2-3-14(30(27,28)11-7-20-8-11)16(29(19)26)15(12)17-22-24-25-23-17/h2-4,6,11,20H,7-8,19H2,1H3,(H,22,23,24,25). The molecule has 1 aliphatic heterocycles. The van der Waals surface area contributed by atoms with Crippen LogP contribution in [0.15, 0.2) is 34.2 Å². The van der Waals surface area contributed by atoms with Gasteiger partial charge in [0.05, 0.1) is 15.0 Å². The molecule has 1 aliphatic rings. The normalized spacial score (nSPS) is 15.4. The molecule has 30 heavy (non-hydrogen) atoms. The molecule has 0 saturated carbocycles. The van der Waals surface area contributed by atoms with Crippen molar-refractivity contribution in [2.75, 3.05) is 13.1 Å². The minimum atomic E-state index is -3.79. The summed E-state index contributed by atoms with van der Waals surface area (Å²) in [5, 5.41) is 30.9.